The second-order valence-corrected chi connectivity index (χ2v) is 6.64. The van der Waals surface area contributed by atoms with Crippen molar-refractivity contribution in [2.24, 2.45) is 0 Å². The van der Waals surface area contributed by atoms with Crippen LogP contribution in [0.3, 0.4) is 0 Å². The van der Waals surface area contributed by atoms with Crippen molar-refractivity contribution in [3.63, 3.8) is 0 Å². The standard InChI is InChI=1S/C20H18FN5O/c21-14-5-6-17-18(11-14)23-20(22-17)19-12-15-13-25(8-9-26(15)24-19)7-1-3-16-4-2-10-27-16/h1-6,10-12H,7-9,13H2,(H,22,23). The highest BCUT2D eigenvalue weighted by atomic mass is 19.1. The second kappa shape index (κ2) is 6.51. The highest BCUT2D eigenvalue weighted by molar-refractivity contribution is 5.78. The maximum absolute atomic E-state index is 13.4. The maximum Gasteiger partial charge on any atom is 0.159 e. The molecular formula is C20H18FN5O. The number of aromatic nitrogens is 4. The molecule has 136 valence electrons. The average molecular weight is 363 g/mol. The lowest BCUT2D eigenvalue weighted by Crippen LogP contribution is -2.33. The van der Waals surface area contributed by atoms with E-state index >= 15 is 0 Å². The van der Waals surface area contributed by atoms with Gasteiger partial charge in [-0.1, -0.05) is 6.08 Å². The SMILES string of the molecule is Fc1ccc2nc(-c3cc4n(n3)CCN(CC=Cc3ccco3)C4)[nH]c2c1. The smallest absolute Gasteiger partial charge is 0.159 e. The van der Waals surface area contributed by atoms with Crippen molar-refractivity contribution in [1.29, 1.82) is 0 Å². The molecule has 0 spiro atoms. The summed E-state index contributed by atoms with van der Waals surface area (Å²) in [4.78, 5) is 10.0. The van der Waals surface area contributed by atoms with Gasteiger partial charge in [-0.2, -0.15) is 5.10 Å². The highest BCUT2D eigenvalue weighted by Gasteiger charge is 2.19. The summed E-state index contributed by atoms with van der Waals surface area (Å²) in [6.45, 7) is 3.44. The zero-order chi connectivity index (χ0) is 18.2. The lowest BCUT2D eigenvalue weighted by atomic mass is 10.2. The molecule has 0 saturated carbocycles. The van der Waals surface area contributed by atoms with Crippen molar-refractivity contribution in [1.82, 2.24) is 24.6 Å². The minimum absolute atomic E-state index is 0.278. The molecule has 0 fully saturated rings. The van der Waals surface area contributed by atoms with Crippen LogP contribution in [-0.4, -0.2) is 37.7 Å². The molecule has 1 aromatic carbocycles. The van der Waals surface area contributed by atoms with Crippen LogP contribution in [0.5, 0.6) is 0 Å². The molecule has 0 bridgehead atoms. The van der Waals surface area contributed by atoms with E-state index in [0.717, 1.165) is 48.8 Å². The number of fused-ring (bicyclic) bond motifs is 2. The van der Waals surface area contributed by atoms with Gasteiger partial charge in [0.1, 0.15) is 17.3 Å². The van der Waals surface area contributed by atoms with Gasteiger partial charge >= 0.3 is 0 Å². The van der Waals surface area contributed by atoms with Crippen molar-refractivity contribution < 1.29 is 8.81 Å². The van der Waals surface area contributed by atoms with Gasteiger partial charge in [0, 0.05) is 19.6 Å². The lowest BCUT2D eigenvalue weighted by molar-refractivity contribution is 0.235. The summed E-state index contributed by atoms with van der Waals surface area (Å²) < 4.78 is 20.7. The Morgan fingerprint density at radius 3 is 3.07 bits per heavy atom. The number of imidazole rings is 1. The Hall–Kier alpha value is -3.19. The number of aromatic amines is 1. The molecule has 3 aromatic heterocycles. The topological polar surface area (TPSA) is 62.9 Å². The van der Waals surface area contributed by atoms with Crippen LogP contribution in [0.4, 0.5) is 4.39 Å². The van der Waals surface area contributed by atoms with Crippen LogP contribution in [0.15, 0.2) is 53.2 Å². The number of halogens is 1. The molecule has 4 heterocycles. The summed E-state index contributed by atoms with van der Waals surface area (Å²) in [6, 6.07) is 10.4. The second-order valence-electron chi connectivity index (χ2n) is 6.64. The molecule has 1 aliphatic rings. The van der Waals surface area contributed by atoms with E-state index in [2.05, 4.69) is 32.1 Å². The first-order valence-corrected chi connectivity index (χ1v) is 8.89. The molecule has 6 nitrogen and oxygen atoms in total. The van der Waals surface area contributed by atoms with Crippen molar-refractivity contribution in [2.75, 3.05) is 13.1 Å². The molecule has 0 aliphatic carbocycles. The van der Waals surface area contributed by atoms with Crippen LogP contribution in [0.1, 0.15) is 11.5 Å². The van der Waals surface area contributed by atoms with Crippen LogP contribution >= 0.6 is 0 Å². The fraction of sp³-hybridized carbons (Fsp3) is 0.200. The number of hydrogen-bond acceptors (Lipinski definition) is 4. The molecule has 27 heavy (non-hydrogen) atoms. The fourth-order valence-corrected chi connectivity index (χ4v) is 3.40. The number of rotatable bonds is 4. The molecule has 5 rings (SSSR count). The molecule has 0 saturated heterocycles. The summed E-state index contributed by atoms with van der Waals surface area (Å²) in [5.74, 6) is 1.25. The van der Waals surface area contributed by atoms with Gasteiger partial charge in [-0.25, -0.2) is 9.37 Å². The van der Waals surface area contributed by atoms with Gasteiger partial charge in [0.2, 0.25) is 0 Å². The third-order valence-electron chi connectivity index (χ3n) is 4.75. The van der Waals surface area contributed by atoms with Gasteiger partial charge in [0.15, 0.2) is 5.82 Å². The van der Waals surface area contributed by atoms with Gasteiger partial charge in [-0.3, -0.25) is 9.58 Å². The van der Waals surface area contributed by atoms with Gasteiger partial charge in [-0.15, -0.1) is 0 Å². The summed E-state index contributed by atoms with van der Waals surface area (Å²) in [7, 11) is 0. The number of nitrogens with zero attached hydrogens (tertiary/aromatic N) is 4. The first kappa shape index (κ1) is 16.0. The van der Waals surface area contributed by atoms with E-state index in [1.807, 2.05) is 22.9 Å². The van der Waals surface area contributed by atoms with Crippen LogP contribution in [-0.2, 0) is 13.1 Å². The molecule has 0 atom stereocenters. The number of hydrogen-bond donors (Lipinski definition) is 1. The van der Waals surface area contributed by atoms with Crippen molar-refractivity contribution >= 4 is 17.1 Å². The molecule has 0 radical (unpaired) electrons. The zero-order valence-corrected chi connectivity index (χ0v) is 14.6. The predicted octanol–water partition coefficient (Wildman–Crippen LogP) is 3.69. The first-order chi connectivity index (χ1) is 13.2. The number of nitrogens with one attached hydrogen (secondary N) is 1. The minimum atomic E-state index is -0.278. The van der Waals surface area contributed by atoms with E-state index < -0.39 is 0 Å². The summed E-state index contributed by atoms with van der Waals surface area (Å²) in [5.41, 5.74) is 3.35. The van der Waals surface area contributed by atoms with E-state index in [9.17, 15) is 4.39 Å². The molecular weight excluding hydrogens is 345 g/mol. The number of furan rings is 1. The predicted molar refractivity (Wildman–Crippen MR) is 100 cm³/mol. The summed E-state index contributed by atoms with van der Waals surface area (Å²) >= 11 is 0. The third-order valence-corrected chi connectivity index (χ3v) is 4.75. The first-order valence-electron chi connectivity index (χ1n) is 8.89. The maximum atomic E-state index is 13.4. The van der Waals surface area contributed by atoms with Gasteiger partial charge in [0.25, 0.3) is 0 Å². The molecule has 0 amide bonds. The van der Waals surface area contributed by atoms with Crippen molar-refractivity contribution in [2.45, 2.75) is 13.1 Å². The number of benzene rings is 1. The normalized spacial score (nSPS) is 15.0. The monoisotopic (exact) mass is 363 g/mol. The van der Waals surface area contributed by atoms with E-state index in [0.29, 0.717) is 11.3 Å². The quantitative estimate of drug-likeness (QED) is 0.601. The Kier molecular flexibility index (Phi) is 3.86. The Balaban J connectivity index is 1.33. The Labute approximate surface area is 154 Å². The molecule has 1 aliphatic heterocycles. The lowest BCUT2D eigenvalue weighted by Gasteiger charge is -2.26. The van der Waals surface area contributed by atoms with Gasteiger partial charge < -0.3 is 9.40 Å². The van der Waals surface area contributed by atoms with Gasteiger partial charge in [-0.05, 0) is 42.5 Å². The highest BCUT2D eigenvalue weighted by Crippen LogP contribution is 2.23. The fourth-order valence-electron chi connectivity index (χ4n) is 3.40. The van der Waals surface area contributed by atoms with Crippen molar-refractivity contribution in [3.8, 4) is 11.5 Å². The molecule has 7 heteroatoms. The minimum Gasteiger partial charge on any atom is -0.465 e. The van der Waals surface area contributed by atoms with Gasteiger partial charge in [0.05, 0.1) is 29.5 Å². The average Bonchev–Trinajstić information content (AvgIpc) is 3.39. The summed E-state index contributed by atoms with van der Waals surface area (Å²) in [6.07, 6.45) is 5.78. The Bertz CT molecular complexity index is 1110. The van der Waals surface area contributed by atoms with E-state index in [1.165, 1.54) is 12.1 Å². The largest absolute Gasteiger partial charge is 0.465 e. The van der Waals surface area contributed by atoms with E-state index in [1.54, 1.807) is 12.3 Å². The Morgan fingerprint density at radius 1 is 1.22 bits per heavy atom. The zero-order valence-electron chi connectivity index (χ0n) is 14.6. The van der Waals surface area contributed by atoms with Crippen molar-refractivity contribution in [3.05, 3.63) is 66.0 Å². The van der Waals surface area contributed by atoms with Crippen LogP contribution in [0.2, 0.25) is 0 Å². The van der Waals surface area contributed by atoms with Crippen LogP contribution in [0, 0.1) is 5.82 Å². The molecule has 0 unspecified atom stereocenters. The van der Waals surface area contributed by atoms with Crippen LogP contribution in [0.25, 0.3) is 28.6 Å². The van der Waals surface area contributed by atoms with E-state index in [4.69, 9.17) is 4.42 Å². The molecule has 4 aromatic rings. The third kappa shape index (κ3) is 3.17. The van der Waals surface area contributed by atoms with Crippen LogP contribution < -0.4 is 0 Å². The molecule has 1 N–H and O–H groups in total. The summed E-state index contributed by atoms with van der Waals surface area (Å²) in [5, 5.41) is 4.66. The van der Waals surface area contributed by atoms with E-state index in [-0.39, 0.29) is 5.82 Å². The number of H-pyrrole nitrogens is 1. The Morgan fingerprint density at radius 2 is 2.19 bits per heavy atom.